The molecule has 0 unspecified atom stereocenters. The third-order valence-corrected chi connectivity index (χ3v) is 8.28. The molecule has 0 spiro atoms. The highest BCUT2D eigenvalue weighted by atomic mass is 32.2. The third-order valence-electron chi connectivity index (χ3n) is 5.16. The van der Waals surface area contributed by atoms with E-state index in [0.717, 1.165) is 15.3 Å². The molecule has 3 rings (SSSR count). The molecule has 0 bridgehead atoms. The zero-order valence-electron chi connectivity index (χ0n) is 18.1. The molecule has 9 heteroatoms. The van der Waals surface area contributed by atoms with Crippen LogP contribution < -0.4 is 9.47 Å². The highest BCUT2D eigenvalue weighted by Crippen LogP contribution is 2.29. The Balaban J connectivity index is 1.57. The molecule has 0 atom stereocenters. The number of allylic oxidation sites excluding steroid dienone is 1. The Labute approximate surface area is 187 Å². The van der Waals surface area contributed by atoms with E-state index in [4.69, 9.17) is 9.47 Å². The lowest BCUT2D eigenvalue weighted by Gasteiger charge is -2.34. The molecule has 0 aliphatic carbocycles. The van der Waals surface area contributed by atoms with Gasteiger partial charge in [-0.1, -0.05) is 12.1 Å². The molecule has 1 aliphatic rings. The quantitative estimate of drug-likeness (QED) is 0.562. The zero-order chi connectivity index (χ0) is 22.6. The van der Waals surface area contributed by atoms with Crippen LogP contribution in [0.5, 0.6) is 11.5 Å². The van der Waals surface area contributed by atoms with Crippen LogP contribution in [0.25, 0.3) is 0 Å². The van der Waals surface area contributed by atoms with E-state index >= 15 is 0 Å². The number of amides is 1. The first-order valence-corrected chi connectivity index (χ1v) is 12.3. The first-order valence-electron chi connectivity index (χ1n) is 10.0. The molecule has 0 saturated carbocycles. The molecule has 0 radical (unpaired) electrons. The van der Waals surface area contributed by atoms with Crippen molar-refractivity contribution in [3.8, 4) is 11.5 Å². The number of benzene rings is 1. The van der Waals surface area contributed by atoms with Gasteiger partial charge in [0.1, 0.15) is 0 Å². The van der Waals surface area contributed by atoms with Crippen molar-refractivity contribution in [2.24, 2.45) is 0 Å². The number of piperazine rings is 1. The largest absolute Gasteiger partial charge is 0.493 e. The van der Waals surface area contributed by atoms with Crippen LogP contribution in [0.4, 0.5) is 0 Å². The lowest BCUT2D eigenvalue weighted by molar-refractivity contribution is -0.134. The maximum absolute atomic E-state index is 12.9. The van der Waals surface area contributed by atoms with Crippen molar-refractivity contribution in [3.05, 3.63) is 52.2 Å². The van der Waals surface area contributed by atoms with Crippen LogP contribution in [0.3, 0.4) is 0 Å². The number of hydrogen-bond donors (Lipinski definition) is 0. The fourth-order valence-electron chi connectivity index (χ4n) is 3.54. The van der Waals surface area contributed by atoms with Crippen LogP contribution in [0.15, 0.2) is 41.8 Å². The van der Waals surface area contributed by atoms with Gasteiger partial charge in [0.05, 0.1) is 12.0 Å². The summed E-state index contributed by atoms with van der Waals surface area (Å²) in [6, 6.07) is 7.26. The minimum Gasteiger partial charge on any atom is -0.493 e. The predicted octanol–water partition coefficient (Wildman–Crippen LogP) is 3.01. The van der Waals surface area contributed by atoms with E-state index in [2.05, 4.69) is 6.58 Å². The summed E-state index contributed by atoms with van der Waals surface area (Å²) in [5.74, 6) is 0.870. The number of methoxy groups -OCH3 is 1. The van der Waals surface area contributed by atoms with E-state index in [1.54, 1.807) is 30.2 Å². The van der Waals surface area contributed by atoms with Gasteiger partial charge in [-0.3, -0.25) is 4.79 Å². The van der Waals surface area contributed by atoms with Gasteiger partial charge in [0.2, 0.25) is 10.0 Å². The molecule has 1 aromatic heterocycles. The predicted molar refractivity (Wildman–Crippen MR) is 122 cm³/mol. The number of hydrogen-bond acceptors (Lipinski definition) is 6. The van der Waals surface area contributed by atoms with Gasteiger partial charge < -0.3 is 14.4 Å². The van der Waals surface area contributed by atoms with Crippen LogP contribution >= 0.6 is 11.3 Å². The molecule has 7 nitrogen and oxygen atoms in total. The second-order valence-corrected chi connectivity index (χ2v) is 10.7. The highest BCUT2D eigenvalue weighted by molar-refractivity contribution is 7.89. The van der Waals surface area contributed by atoms with Gasteiger partial charge in [-0.2, -0.15) is 4.31 Å². The van der Waals surface area contributed by atoms with E-state index in [-0.39, 0.29) is 25.6 Å². The molecule has 1 fully saturated rings. The minimum absolute atomic E-state index is 0.132. The van der Waals surface area contributed by atoms with Crippen LogP contribution in [0.1, 0.15) is 15.3 Å². The Hall–Kier alpha value is -2.36. The maximum Gasteiger partial charge on any atom is 0.260 e. The number of carbonyl (C=O) groups excluding carboxylic acids is 1. The number of aryl methyl sites for hydroxylation is 2. The van der Waals surface area contributed by atoms with Crippen molar-refractivity contribution in [2.75, 3.05) is 39.9 Å². The maximum atomic E-state index is 12.9. The van der Waals surface area contributed by atoms with Crippen molar-refractivity contribution in [1.29, 1.82) is 0 Å². The minimum atomic E-state index is -3.54. The number of ether oxygens (including phenoxy) is 2. The summed E-state index contributed by atoms with van der Waals surface area (Å²) in [5, 5.41) is 0. The molecule has 1 amide bonds. The monoisotopic (exact) mass is 464 g/mol. The van der Waals surface area contributed by atoms with E-state index in [1.165, 1.54) is 15.6 Å². The Kier molecular flexibility index (Phi) is 7.40. The molecule has 168 valence electrons. The summed E-state index contributed by atoms with van der Waals surface area (Å²) in [5.41, 5.74) is 1.04. The van der Waals surface area contributed by atoms with Crippen LogP contribution in [0, 0.1) is 13.8 Å². The number of nitrogens with zero attached hydrogens (tertiary/aromatic N) is 2. The lowest BCUT2D eigenvalue weighted by atomic mass is 10.1. The molecular weight excluding hydrogens is 436 g/mol. The number of sulfonamides is 1. The highest BCUT2D eigenvalue weighted by Gasteiger charge is 2.32. The standard InChI is InChI=1S/C22H28N2O5S2/c1-5-6-18-7-8-19(20(14-18)28-4)29-15-22(25)23-9-11-24(12-10-23)31(26,27)21-13-16(2)30-17(21)3/h5,7-8,13-14H,1,6,9-12,15H2,2-4H3. The second-order valence-electron chi connectivity index (χ2n) is 7.33. The topological polar surface area (TPSA) is 76.2 Å². The van der Waals surface area contributed by atoms with Gasteiger partial charge in [-0.05, 0) is 44.0 Å². The van der Waals surface area contributed by atoms with Crippen molar-refractivity contribution >= 4 is 27.3 Å². The summed E-state index contributed by atoms with van der Waals surface area (Å²) in [4.78, 5) is 16.4. The van der Waals surface area contributed by atoms with Gasteiger partial charge in [-0.15, -0.1) is 17.9 Å². The van der Waals surface area contributed by atoms with Crippen molar-refractivity contribution in [1.82, 2.24) is 9.21 Å². The first kappa shape index (κ1) is 23.3. The van der Waals surface area contributed by atoms with Gasteiger partial charge in [0.25, 0.3) is 5.91 Å². The normalized spacial score (nSPS) is 15.0. The molecule has 2 aromatic rings. The van der Waals surface area contributed by atoms with E-state index < -0.39 is 10.0 Å². The molecule has 2 heterocycles. The summed E-state index contributed by atoms with van der Waals surface area (Å²) >= 11 is 1.47. The van der Waals surface area contributed by atoms with Crippen molar-refractivity contribution in [2.45, 2.75) is 25.2 Å². The lowest BCUT2D eigenvalue weighted by Crippen LogP contribution is -2.51. The average molecular weight is 465 g/mol. The molecule has 1 aliphatic heterocycles. The fraction of sp³-hybridized carbons (Fsp3) is 0.409. The second kappa shape index (κ2) is 9.84. The summed E-state index contributed by atoms with van der Waals surface area (Å²) in [6.45, 7) is 8.51. The molecule has 1 saturated heterocycles. The first-order chi connectivity index (χ1) is 14.8. The van der Waals surface area contributed by atoms with E-state index in [1.807, 2.05) is 26.0 Å². The Morgan fingerprint density at radius 1 is 1.16 bits per heavy atom. The van der Waals surface area contributed by atoms with Crippen molar-refractivity contribution < 1.29 is 22.7 Å². The van der Waals surface area contributed by atoms with Crippen LogP contribution in [-0.4, -0.2) is 63.4 Å². The smallest absolute Gasteiger partial charge is 0.260 e. The van der Waals surface area contributed by atoms with Gasteiger partial charge in [0.15, 0.2) is 18.1 Å². The van der Waals surface area contributed by atoms with Crippen LogP contribution in [-0.2, 0) is 21.2 Å². The summed E-state index contributed by atoms with van der Waals surface area (Å²) in [7, 11) is -1.99. The van der Waals surface area contributed by atoms with Gasteiger partial charge >= 0.3 is 0 Å². The SMILES string of the molecule is C=CCc1ccc(OCC(=O)N2CCN(S(=O)(=O)c3cc(C)sc3C)CC2)c(OC)c1. The Bertz CT molecular complexity index is 1050. The molecular formula is C22H28N2O5S2. The third kappa shape index (κ3) is 5.28. The van der Waals surface area contributed by atoms with Crippen molar-refractivity contribution in [3.63, 3.8) is 0 Å². The van der Waals surface area contributed by atoms with E-state index in [9.17, 15) is 13.2 Å². The van der Waals surface area contributed by atoms with Gasteiger partial charge in [-0.25, -0.2) is 8.42 Å². The zero-order valence-corrected chi connectivity index (χ0v) is 19.7. The molecule has 0 N–H and O–H groups in total. The number of thiophene rings is 1. The molecule has 1 aromatic carbocycles. The number of carbonyl (C=O) groups is 1. The average Bonchev–Trinajstić information content (AvgIpc) is 3.11. The number of rotatable bonds is 8. The van der Waals surface area contributed by atoms with E-state index in [0.29, 0.717) is 35.9 Å². The summed E-state index contributed by atoms with van der Waals surface area (Å²) in [6.07, 6.45) is 2.52. The Morgan fingerprint density at radius 2 is 1.87 bits per heavy atom. The van der Waals surface area contributed by atoms with Gasteiger partial charge in [0, 0.05) is 35.9 Å². The Morgan fingerprint density at radius 3 is 2.45 bits per heavy atom. The van der Waals surface area contributed by atoms with Crippen LogP contribution in [0.2, 0.25) is 0 Å². The molecule has 31 heavy (non-hydrogen) atoms. The fourth-order valence-corrected chi connectivity index (χ4v) is 6.48. The summed E-state index contributed by atoms with van der Waals surface area (Å²) < 4.78 is 38.4.